The molecule has 2 atom stereocenters. The third-order valence-corrected chi connectivity index (χ3v) is 2.95. The van der Waals surface area contributed by atoms with Crippen molar-refractivity contribution in [1.29, 1.82) is 0 Å². The van der Waals surface area contributed by atoms with Crippen LogP contribution in [-0.4, -0.2) is 19.7 Å². The number of nitrogens with two attached hydrogens (primary N) is 1. The van der Waals surface area contributed by atoms with Crippen molar-refractivity contribution in [2.24, 2.45) is 11.7 Å². The Hall–Kier alpha value is 0.0188. The van der Waals surface area contributed by atoms with Crippen LogP contribution < -0.4 is 5.73 Å². The molecule has 19 heavy (non-hydrogen) atoms. The molecule has 0 aliphatic heterocycles. The van der Waals surface area contributed by atoms with E-state index >= 15 is 0 Å². The fraction of sp³-hybridized carbons (Fsp3) is 0.533. The number of benzene rings is 1. The first-order chi connectivity index (χ1) is 8.49. The van der Waals surface area contributed by atoms with Crippen molar-refractivity contribution >= 4 is 13.6 Å². The summed E-state index contributed by atoms with van der Waals surface area (Å²) in [4.78, 5) is 11.9. The summed E-state index contributed by atoms with van der Waals surface area (Å²) in [5, 5.41) is 0. The Morgan fingerprint density at radius 1 is 1.26 bits per heavy atom. The first-order valence-corrected chi connectivity index (χ1v) is 6.56. The van der Waals surface area contributed by atoms with Gasteiger partial charge < -0.3 is 5.73 Å². The Kier molecular flexibility index (Phi) is 9.86. The molecule has 0 saturated heterocycles. The van der Waals surface area contributed by atoms with Crippen LogP contribution in [0.15, 0.2) is 30.3 Å². The van der Waals surface area contributed by atoms with Crippen LogP contribution in [0, 0.1) is 5.92 Å². The fourth-order valence-corrected chi connectivity index (χ4v) is 2.08. The maximum Gasteiger partial charge on any atom is 0.149 e. The van der Waals surface area contributed by atoms with Crippen LogP contribution in [0.2, 0.25) is 5.82 Å². The molecule has 0 amide bonds. The predicted molar refractivity (Wildman–Crippen MR) is 76.7 cm³/mol. The van der Waals surface area contributed by atoms with Gasteiger partial charge in [0.25, 0.3) is 0 Å². The molecule has 0 spiro atoms. The molecule has 3 radical (unpaired) electrons. The minimum Gasteiger partial charge on any atom is -0.321 e. The molecule has 0 bridgehead atoms. The third-order valence-electron chi connectivity index (χ3n) is 2.95. The van der Waals surface area contributed by atoms with Crippen molar-refractivity contribution in [2.75, 3.05) is 0 Å². The molecule has 0 aliphatic carbocycles. The SMILES string of the molecule is [B]C(CC(=O)[C@@H](N)Cc1ccccc1)CC(C)C.[Y]. The average Bonchev–Trinajstić information content (AvgIpc) is 2.28. The first-order valence-electron chi connectivity index (χ1n) is 6.56. The summed E-state index contributed by atoms with van der Waals surface area (Å²) in [5.74, 6) is 0.504. The van der Waals surface area contributed by atoms with Crippen LogP contribution in [0.3, 0.4) is 0 Å². The van der Waals surface area contributed by atoms with Gasteiger partial charge in [0.2, 0.25) is 0 Å². The predicted octanol–water partition coefficient (Wildman–Crippen LogP) is 2.52. The second-order valence-electron chi connectivity index (χ2n) is 5.36. The van der Waals surface area contributed by atoms with Crippen LogP contribution in [-0.2, 0) is 43.9 Å². The maximum absolute atomic E-state index is 11.9. The Labute approximate surface area is 143 Å². The van der Waals surface area contributed by atoms with Gasteiger partial charge in [0.15, 0.2) is 0 Å². The molecule has 0 aromatic heterocycles. The van der Waals surface area contributed by atoms with Crippen LogP contribution >= 0.6 is 0 Å². The van der Waals surface area contributed by atoms with E-state index in [4.69, 9.17) is 13.6 Å². The zero-order valence-electron chi connectivity index (χ0n) is 11.9. The summed E-state index contributed by atoms with van der Waals surface area (Å²) >= 11 is 0. The van der Waals surface area contributed by atoms with Crippen LogP contribution in [0.1, 0.15) is 32.3 Å². The van der Waals surface area contributed by atoms with Crippen LogP contribution in [0.5, 0.6) is 0 Å². The van der Waals surface area contributed by atoms with Gasteiger partial charge >= 0.3 is 0 Å². The molecular formula is C15H22BNOY. The van der Waals surface area contributed by atoms with Crippen LogP contribution in [0.4, 0.5) is 0 Å². The number of carbonyl (C=O) groups excluding carboxylic acids is 1. The number of Topliss-reactive ketones (excluding diaryl/α,β-unsaturated/α-hetero) is 1. The topological polar surface area (TPSA) is 43.1 Å². The molecule has 1 unspecified atom stereocenters. The quantitative estimate of drug-likeness (QED) is 0.780. The molecule has 1 aromatic carbocycles. The van der Waals surface area contributed by atoms with Crippen LogP contribution in [0.25, 0.3) is 0 Å². The van der Waals surface area contributed by atoms with E-state index in [0.29, 0.717) is 18.8 Å². The van der Waals surface area contributed by atoms with E-state index in [2.05, 4.69) is 13.8 Å². The summed E-state index contributed by atoms with van der Waals surface area (Å²) in [7, 11) is 5.93. The van der Waals surface area contributed by atoms with Gasteiger partial charge in [0.1, 0.15) is 5.78 Å². The Bertz CT molecular complexity index is 370. The molecule has 1 aromatic rings. The summed E-state index contributed by atoms with van der Waals surface area (Å²) in [6.07, 6.45) is 1.84. The number of hydrogen-bond acceptors (Lipinski definition) is 2. The first kappa shape index (κ1) is 19.0. The van der Waals surface area contributed by atoms with Gasteiger partial charge in [-0.2, -0.15) is 0 Å². The fourth-order valence-electron chi connectivity index (χ4n) is 2.08. The largest absolute Gasteiger partial charge is 0.321 e. The second kappa shape index (κ2) is 9.85. The summed E-state index contributed by atoms with van der Waals surface area (Å²) < 4.78 is 0. The number of hydrogen-bond donors (Lipinski definition) is 1. The third kappa shape index (κ3) is 8.01. The van der Waals surface area contributed by atoms with E-state index in [9.17, 15) is 4.79 Å². The van der Waals surface area contributed by atoms with E-state index in [1.54, 1.807) is 0 Å². The van der Waals surface area contributed by atoms with E-state index in [1.807, 2.05) is 30.3 Å². The van der Waals surface area contributed by atoms with E-state index < -0.39 is 6.04 Å². The number of rotatable bonds is 7. The molecule has 2 N–H and O–H groups in total. The molecule has 2 nitrogen and oxygen atoms in total. The Morgan fingerprint density at radius 2 is 1.84 bits per heavy atom. The molecule has 0 saturated carbocycles. The van der Waals surface area contributed by atoms with Crippen molar-refractivity contribution in [3.63, 3.8) is 0 Å². The Balaban J connectivity index is 0.00000324. The minimum atomic E-state index is -0.439. The van der Waals surface area contributed by atoms with E-state index in [1.165, 1.54) is 0 Å². The number of carbonyl (C=O) groups is 1. The molecule has 99 valence electrons. The van der Waals surface area contributed by atoms with Gasteiger partial charge in [-0.3, -0.25) is 4.79 Å². The number of ketones is 1. The zero-order chi connectivity index (χ0) is 13.5. The normalized spacial score (nSPS) is 13.7. The van der Waals surface area contributed by atoms with Gasteiger partial charge in [-0.25, -0.2) is 0 Å². The molecule has 0 heterocycles. The smallest absolute Gasteiger partial charge is 0.149 e. The molecule has 4 heteroatoms. The van der Waals surface area contributed by atoms with Crippen molar-refractivity contribution < 1.29 is 37.5 Å². The summed E-state index contributed by atoms with van der Waals surface area (Å²) in [6, 6.07) is 9.40. The van der Waals surface area contributed by atoms with Crippen molar-refractivity contribution in [2.45, 2.75) is 45.0 Å². The van der Waals surface area contributed by atoms with Crippen molar-refractivity contribution in [3.8, 4) is 0 Å². The van der Waals surface area contributed by atoms with Gasteiger partial charge in [0, 0.05) is 39.1 Å². The molecule has 0 aliphatic rings. The molecular weight excluding hydrogens is 310 g/mol. The Morgan fingerprint density at radius 3 is 2.37 bits per heavy atom. The summed E-state index contributed by atoms with van der Waals surface area (Å²) in [5.41, 5.74) is 7.02. The average molecular weight is 332 g/mol. The van der Waals surface area contributed by atoms with Gasteiger partial charge in [0.05, 0.1) is 13.9 Å². The summed E-state index contributed by atoms with van der Waals surface area (Å²) in [6.45, 7) is 4.21. The molecule has 1 rings (SSSR count). The molecule has 0 fully saturated rings. The van der Waals surface area contributed by atoms with Gasteiger partial charge in [-0.15, -0.1) is 0 Å². The zero-order valence-corrected chi connectivity index (χ0v) is 14.7. The van der Waals surface area contributed by atoms with Crippen molar-refractivity contribution in [1.82, 2.24) is 0 Å². The second-order valence-corrected chi connectivity index (χ2v) is 5.36. The maximum atomic E-state index is 11.9. The van der Waals surface area contributed by atoms with Gasteiger partial charge in [-0.1, -0.05) is 56.4 Å². The minimum absolute atomic E-state index is 0. The van der Waals surface area contributed by atoms with E-state index in [-0.39, 0.29) is 44.3 Å². The standard InChI is InChI=1S/C15H22BNO.Y/c1-11(2)8-13(16)10-15(18)14(17)9-12-6-4-3-5-7-12;/h3-7,11,13-14H,8-10,17H2,1-2H3;/t13?,14-;/m0./s1. The van der Waals surface area contributed by atoms with Gasteiger partial charge in [-0.05, 0) is 17.9 Å². The van der Waals surface area contributed by atoms with Crippen molar-refractivity contribution in [3.05, 3.63) is 35.9 Å². The van der Waals surface area contributed by atoms with E-state index in [0.717, 1.165) is 12.0 Å². The monoisotopic (exact) mass is 332 g/mol.